The molecule has 6 rings (SSSR count). The van der Waals surface area contributed by atoms with Gasteiger partial charge in [0.1, 0.15) is 5.69 Å². The number of para-hydroxylation sites is 1. The van der Waals surface area contributed by atoms with Gasteiger partial charge < -0.3 is 17.4 Å². The van der Waals surface area contributed by atoms with E-state index in [0.717, 1.165) is 42.4 Å². The van der Waals surface area contributed by atoms with Crippen LogP contribution in [0.1, 0.15) is 0 Å². The number of aromatic nitrogens is 3. The molecule has 152 valence electrons. The summed E-state index contributed by atoms with van der Waals surface area (Å²) in [5, 5.41) is 2.48. The first-order valence-corrected chi connectivity index (χ1v) is 11.3. The van der Waals surface area contributed by atoms with Crippen LogP contribution in [0.4, 0.5) is 0 Å². The van der Waals surface area contributed by atoms with Gasteiger partial charge in [-0.05, 0) is 60.7 Å². The van der Waals surface area contributed by atoms with Crippen molar-refractivity contribution in [3.8, 4) is 16.9 Å². The molecule has 1 N–H and O–H groups in total. The topological polar surface area (TPSA) is 24.8 Å². The fourth-order valence-electron chi connectivity index (χ4n) is 4.20. The molecule has 0 spiro atoms. The maximum Gasteiger partial charge on any atom is 0.254 e. The molecule has 0 saturated heterocycles. The molecular weight excluding hydrogens is 538 g/mol. The van der Waals surface area contributed by atoms with E-state index in [4.69, 9.17) is 0 Å². The molecule has 0 fully saturated rings. The van der Waals surface area contributed by atoms with E-state index < -0.39 is 0 Å². The molecule has 0 unspecified atom stereocenters. The van der Waals surface area contributed by atoms with Crippen LogP contribution in [0.25, 0.3) is 44.3 Å². The number of hydrogen-bond acceptors (Lipinski definition) is 0. The minimum atomic E-state index is 0. The zero-order chi connectivity index (χ0) is 20.2. The second kappa shape index (κ2) is 7.83. The predicted octanol–water partition coefficient (Wildman–Crippen LogP) is 4.05. The van der Waals surface area contributed by atoms with Gasteiger partial charge >= 0.3 is 0 Å². The van der Waals surface area contributed by atoms with Gasteiger partial charge in [-0.1, -0.05) is 50.1 Å². The number of H-pyrrole nitrogens is 1. The van der Waals surface area contributed by atoms with Gasteiger partial charge in [0, 0.05) is 30.8 Å². The molecule has 3 aromatic heterocycles. The molecule has 0 amide bonds. The number of hydrogen-bond donors (Lipinski definition) is 1. The van der Waals surface area contributed by atoms with E-state index in [1.807, 2.05) is 0 Å². The Bertz CT molecular complexity index is 1550. The van der Waals surface area contributed by atoms with Crippen molar-refractivity contribution in [3.63, 3.8) is 0 Å². The summed E-state index contributed by atoms with van der Waals surface area (Å²) >= 11 is 7.12. The summed E-state index contributed by atoms with van der Waals surface area (Å²) in [6, 6.07) is 27.6. The minimum absolute atomic E-state index is 0. The fourth-order valence-corrected chi connectivity index (χ4v) is 4.72. The van der Waals surface area contributed by atoms with E-state index in [2.05, 4.69) is 137 Å². The second-order valence-electron chi connectivity index (χ2n) is 7.35. The average molecular weight is 554 g/mol. The van der Waals surface area contributed by atoms with Gasteiger partial charge in [0.2, 0.25) is 5.52 Å². The molecule has 6 heteroatoms. The summed E-state index contributed by atoms with van der Waals surface area (Å²) in [6.07, 6.45) is 4.30. The second-order valence-corrected chi connectivity index (χ2v) is 9.18. The van der Waals surface area contributed by atoms with E-state index in [0.29, 0.717) is 0 Å². The summed E-state index contributed by atoms with van der Waals surface area (Å²) in [7, 11) is 0. The van der Waals surface area contributed by atoms with Gasteiger partial charge in [0.05, 0.1) is 11.7 Å². The highest BCUT2D eigenvalue weighted by atomic mass is 79.9. The Morgan fingerprint density at radius 3 is 2.16 bits per heavy atom. The molecule has 0 aliphatic heterocycles. The summed E-state index contributed by atoms with van der Waals surface area (Å²) in [5.74, 6) is 0. The zero-order valence-electron chi connectivity index (χ0n) is 16.2. The summed E-state index contributed by atoms with van der Waals surface area (Å²) in [6.45, 7) is 0. The summed E-state index contributed by atoms with van der Waals surface area (Å²) in [4.78, 5) is 3.67. The third-order valence-electron chi connectivity index (χ3n) is 5.57. The monoisotopic (exact) mass is 551 g/mol. The molecule has 0 radical (unpaired) electrons. The maximum absolute atomic E-state index is 3.67. The van der Waals surface area contributed by atoms with Crippen molar-refractivity contribution in [2.24, 2.45) is 0 Å². The first-order valence-electron chi connectivity index (χ1n) is 9.67. The molecular formula is C25H16Br2ClN3. The Kier molecular flexibility index (Phi) is 5.13. The van der Waals surface area contributed by atoms with Crippen LogP contribution < -0.4 is 16.8 Å². The Morgan fingerprint density at radius 1 is 0.742 bits per heavy atom. The van der Waals surface area contributed by atoms with Crippen LogP contribution in [0.3, 0.4) is 0 Å². The van der Waals surface area contributed by atoms with Crippen molar-refractivity contribution in [3.05, 3.63) is 100 Å². The Balaban J connectivity index is 0.00000204. The number of fused-ring (bicyclic) bond motifs is 5. The van der Waals surface area contributed by atoms with Crippen LogP contribution in [0, 0.1) is 0 Å². The lowest BCUT2D eigenvalue weighted by molar-refractivity contribution is -0.510. The number of pyridine rings is 1. The smallest absolute Gasteiger partial charge is 0.254 e. The Labute approximate surface area is 202 Å². The molecule has 3 aromatic carbocycles. The highest BCUT2D eigenvalue weighted by molar-refractivity contribution is 9.10. The van der Waals surface area contributed by atoms with Crippen molar-refractivity contribution < 1.29 is 16.8 Å². The summed E-state index contributed by atoms with van der Waals surface area (Å²) in [5.41, 5.74) is 6.89. The van der Waals surface area contributed by atoms with Crippen molar-refractivity contribution in [1.29, 1.82) is 0 Å². The SMILES string of the molecule is Brc1ccc(-c2c3c4[nH]c5ccccc5c4cc[n+]3cn2-c2ccc(Br)cc2)cc1.[Cl-]. The van der Waals surface area contributed by atoms with Crippen molar-refractivity contribution in [2.45, 2.75) is 0 Å². The molecule has 0 aliphatic rings. The minimum Gasteiger partial charge on any atom is -1.00 e. The van der Waals surface area contributed by atoms with Crippen molar-refractivity contribution in [2.75, 3.05) is 0 Å². The van der Waals surface area contributed by atoms with Crippen LogP contribution in [0.2, 0.25) is 0 Å². The molecule has 0 bridgehead atoms. The average Bonchev–Trinajstić information content (AvgIpc) is 3.33. The van der Waals surface area contributed by atoms with E-state index >= 15 is 0 Å². The fraction of sp³-hybridized carbons (Fsp3) is 0. The number of nitrogens with one attached hydrogen (secondary N) is 1. The first-order chi connectivity index (χ1) is 14.7. The number of halogens is 3. The molecule has 0 saturated carbocycles. The molecule has 0 aliphatic carbocycles. The quantitative estimate of drug-likeness (QED) is 0.313. The molecule has 0 atom stereocenters. The van der Waals surface area contributed by atoms with Crippen LogP contribution in [-0.4, -0.2) is 9.55 Å². The van der Waals surface area contributed by atoms with Crippen molar-refractivity contribution >= 4 is 59.2 Å². The first kappa shape index (κ1) is 20.3. The highest BCUT2D eigenvalue weighted by Gasteiger charge is 2.24. The largest absolute Gasteiger partial charge is 1.00 e. The van der Waals surface area contributed by atoms with Crippen LogP contribution >= 0.6 is 31.9 Å². The lowest BCUT2D eigenvalue weighted by Crippen LogP contribution is -3.00. The van der Waals surface area contributed by atoms with Gasteiger partial charge in [-0.2, -0.15) is 8.97 Å². The number of imidazole rings is 1. The van der Waals surface area contributed by atoms with Crippen LogP contribution in [0.5, 0.6) is 0 Å². The number of nitrogens with zero attached hydrogens (tertiary/aromatic N) is 2. The predicted molar refractivity (Wildman–Crippen MR) is 129 cm³/mol. The van der Waals surface area contributed by atoms with Crippen LogP contribution in [-0.2, 0) is 0 Å². The van der Waals surface area contributed by atoms with Gasteiger partial charge in [0.25, 0.3) is 6.33 Å². The van der Waals surface area contributed by atoms with E-state index in [1.165, 1.54) is 10.8 Å². The third kappa shape index (κ3) is 3.28. The van der Waals surface area contributed by atoms with Crippen LogP contribution in [0.15, 0.2) is 100 Å². The number of rotatable bonds is 2. The normalized spacial score (nSPS) is 11.3. The molecule has 3 heterocycles. The number of aromatic amines is 1. The van der Waals surface area contributed by atoms with E-state index in [-0.39, 0.29) is 12.4 Å². The Morgan fingerprint density at radius 2 is 1.42 bits per heavy atom. The van der Waals surface area contributed by atoms with E-state index in [9.17, 15) is 0 Å². The summed E-state index contributed by atoms with van der Waals surface area (Å²) < 4.78 is 6.60. The lowest BCUT2D eigenvalue weighted by Gasteiger charge is -2.03. The maximum atomic E-state index is 3.67. The lowest BCUT2D eigenvalue weighted by atomic mass is 10.1. The highest BCUT2D eigenvalue weighted by Crippen LogP contribution is 2.34. The molecule has 31 heavy (non-hydrogen) atoms. The van der Waals surface area contributed by atoms with Gasteiger partial charge in [-0.25, -0.2) is 0 Å². The Hall–Kier alpha value is -2.60. The van der Waals surface area contributed by atoms with Crippen molar-refractivity contribution in [1.82, 2.24) is 9.55 Å². The number of benzene rings is 3. The molecule has 3 nitrogen and oxygen atoms in total. The standard InChI is InChI=1S/C25H16Br2N3.ClH/c26-17-7-5-16(6-8-17)24-25-23-21(20-3-1-2-4-22(20)28-23)13-14-29(25)15-30(24)19-11-9-18(27)10-12-19;/h1-15,28H;1H/q+1;/p-1. The third-order valence-corrected chi connectivity index (χ3v) is 6.63. The molecule has 6 aromatic rings. The van der Waals surface area contributed by atoms with Gasteiger partial charge in [0.15, 0.2) is 5.69 Å². The van der Waals surface area contributed by atoms with Gasteiger partial charge in [-0.3, -0.25) is 0 Å². The van der Waals surface area contributed by atoms with E-state index in [1.54, 1.807) is 0 Å². The zero-order valence-corrected chi connectivity index (χ0v) is 20.1. The van der Waals surface area contributed by atoms with Gasteiger partial charge in [-0.15, -0.1) is 0 Å².